The van der Waals surface area contributed by atoms with E-state index in [1.165, 1.54) is 10.9 Å². The first-order chi connectivity index (χ1) is 11.1. The molecule has 0 spiro atoms. The van der Waals surface area contributed by atoms with Crippen LogP contribution in [0.5, 0.6) is 11.5 Å². The van der Waals surface area contributed by atoms with Crippen molar-refractivity contribution in [2.24, 2.45) is 7.05 Å². The van der Waals surface area contributed by atoms with E-state index in [1.807, 2.05) is 25.1 Å². The van der Waals surface area contributed by atoms with E-state index in [-0.39, 0.29) is 10.6 Å². The first-order valence-corrected chi connectivity index (χ1v) is 7.70. The second-order valence-electron chi connectivity index (χ2n) is 4.99. The first kappa shape index (κ1) is 17.1. The third-order valence-corrected chi connectivity index (χ3v) is 3.62. The van der Waals surface area contributed by atoms with Gasteiger partial charge in [-0.3, -0.25) is 4.79 Å². The van der Waals surface area contributed by atoms with Crippen molar-refractivity contribution in [3.8, 4) is 11.5 Å². The monoisotopic (exact) mass is 337 g/mol. The van der Waals surface area contributed by atoms with Crippen LogP contribution in [0.1, 0.15) is 18.9 Å². The predicted molar refractivity (Wildman–Crippen MR) is 90.6 cm³/mol. The summed E-state index contributed by atoms with van der Waals surface area (Å²) in [5.74, 6) is 1.39. The fourth-order valence-corrected chi connectivity index (χ4v) is 2.23. The van der Waals surface area contributed by atoms with Crippen molar-refractivity contribution >= 4 is 17.3 Å². The zero-order chi connectivity index (χ0) is 16.8. The first-order valence-electron chi connectivity index (χ1n) is 7.32. The third-order valence-electron chi connectivity index (χ3n) is 3.25. The normalized spacial score (nSPS) is 10.4. The van der Waals surface area contributed by atoms with Crippen molar-refractivity contribution in [1.29, 1.82) is 0 Å². The molecule has 0 fully saturated rings. The van der Waals surface area contributed by atoms with Gasteiger partial charge in [0.1, 0.15) is 5.02 Å². The molecule has 1 aromatic carbocycles. The zero-order valence-corrected chi connectivity index (χ0v) is 14.2. The molecule has 0 atom stereocenters. The van der Waals surface area contributed by atoms with Crippen LogP contribution in [0.15, 0.2) is 29.2 Å². The SMILES string of the molecule is CCCOc1cc(CNc2cnn(C)c(=O)c2Cl)ccc1OC. The van der Waals surface area contributed by atoms with Crippen LogP contribution >= 0.6 is 11.6 Å². The Bertz CT molecular complexity index is 731. The number of aromatic nitrogens is 2. The van der Waals surface area contributed by atoms with Crippen LogP contribution < -0.4 is 20.3 Å². The lowest BCUT2D eigenvalue weighted by Crippen LogP contribution is -2.21. The molecule has 1 aromatic heterocycles. The average Bonchev–Trinajstić information content (AvgIpc) is 2.57. The van der Waals surface area contributed by atoms with E-state index in [9.17, 15) is 4.79 Å². The number of nitrogens with one attached hydrogen (secondary N) is 1. The maximum atomic E-state index is 11.7. The molecule has 1 N–H and O–H groups in total. The summed E-state index contributed by atoms with van der Waals surface area (Å²) in [6, 6.07) is 5.68. The predicted octanol–water partition coefficient (Wildman–Crippen LogP) is 2.84. The van der Waals surface area contributed by atoms with Crippen molar-refractivity contribution in [3.05, 3.63) is 45.3 Å². The molecule has 2 rings (SSSR count). The van der Waals surface area contributed by atoms with Gasteiger partial charge in [-0.1, -0.05) is 24.6 Å². The molecule has 0 aliphatic heterocycles. The van der Waals surface area contributed by atoms with Crippen molar-refractivity contribution < 1.29 is 9.47 Å². The number of halogens is 1. The summed E-state index contributed by atoms with van der Waals surface area (Å²) >= 11 is 6.03. The van der Waals surface area contributed by atoms with E-state index in [0.717, 1.165) is 12.0 Å². The maximum Gasteiger partial charge on any atom is 0.287 e. The highest BCUT2D eigenvalue weighted by molar-refractivity contribution is 6.32. The molecule has 0 radical (unpaired) electrons. The molecule has 0 aliphatic rings. The average molecular weight is 338 g/mol. The maximum absolute atomic E-state index is 11.7. The summed E-state index contributed by atoms with van der Waals surface area (Å²) < 4.78 is 12.2. The lowest BCUT2D eigenvalue weighted by Gasteiger charge is -2.13. The zero-order valence-electron chi connectivity index (χ0n) is 13.4. The Balaban J connectivity index is 2.14. The fourth-order valence-electron chi connectivity index (χ4n) is 1.99. The van der Waals surface area contributed by atoms with E-state index in [0.29, 0.717) is 30.3 Å². The van der Waals surface area contributed by atoms with Crippen LogP contribution in [0.4, 0.5) is 5.69 Å². The van der Waals surface area contributed by atoms with Crippen LogP contribution in [-0.2, 0) is 13.6 Å². The molecule has 0 unspecified atom stereocenters. The highest BCUT2D eigenvalue weighted by Crippen LogP contribution is 2.28. The Morgan fingerprint density at radius 3 is 2.83 bits per heavy atom. The van der Waals surface area contributed by atoms with Crippen LogP contribution in [0.2, 0.25) is 5.02 Å². The second kappa shape index (κ2) is 7.87. The van der Waals surface area contributed by atoms with Crippen LogP contribution in [-0.4, -0.2) is 23.5 Å². The summed E-state index contributed by atoms with van der Waals surface area (Å²) in [6.07, 6.45) is 2.45. The highest BCUT2D eigenvalue weighted by Gasteiger charge is 2.09. The van der Waals surface area contributed by atoms with E-state index in [4.69, 9.17) is 21.1 Å². The minimum atomic E-state index is -0.335. The van der Waals surface area contributed by atoms with Gasteiger partial charge in [0.05, 0.1) is 25.6 Å². The molecule has 1 heterocycles. The number of methoxy groups -OCH3 is 1. The number of rotatable bonds is 7. The molecule has 23 heavy (non-hydrogen) atoms. The molecule has 0 saturated heterocycles. The number of aryl methyl sites for hydroxylation is 1. The van der Waals surface area contributed by atoms with Crippen molar-refractivity contribution in [2.75, 3.05) is 19.0 Å². The Labute approximate surface area is 140 Å². The molecule has 2 aromatic rings. The Morgan fingerprint density at radius 2 is 2.13 bits per heavy atom. The Hall–Kier alpha value is -2.21. The van der Waals surface area contributed by atoms with Gasteiger partial charge in [-0.15, -0.1) is 0 Å². The number of nitrogens with zero attached hydrogens (tertiary/aromatic N) is 2. The highest BCUT2D eigenvalue weighted by atomic mass is 35.5. The standard InChI is InChI=1S/C16H20ClN3O3/c1-4-7-23-14-8-11(5-6-13(14)22-3)9-18-12-10-19-20(2)16(21)15(12)17/h5-6,8,10,18H,4,7,9H2,1-3H3. The summed E-state index contributed by atoms with van der Waals surface area (Å²) in [6.45, 7) is 3.15. The molecule has 0 saturated carbocycles. The lowest BCUT2D eigenvalue weighted by molar-refractivity contribution is 0.294. The van der Waals surface area contributed by atoms with E-state index < -0.39 is 0 Å². The molecule has 0 amide bonds. The summed E-state index contributed by atoms with van der Waals surface area (Å²) in [7, 11) is 3.16. The van der Waals surface area contributed by atoms with Crippen molar-refractivity contribution in [3.63, 3.8) is 0 Å². The number of anilines is 1. The molecule has 0 aliphatic carbocycles. The summed E-state index contributed by atoms with van der Waals surface area (Å²) in [5.41, 5.74) is 1.15. The van der Waals surface area contributed by atoms with Gasteiger partial charge in [0.25, 0.3) is 5.56 Å². The van der Waals surface area contributed by atoms with Gasteiger partial charge in [-0.25, -0.2) is 4.68 Å². The second-order valence-corrected chi connectivity index (χ2v) is 5.37. The third kappa shape index (κ3) is 4.16. The number of ether oxygens (including phenoxy) is 2. The fraction of sp³-hybridized carbons (Fsp3) is 0.375. The van der Waals surface area contributed by atoms with Gasteiger partial charge < -0.3 is 14.8 Å². The molecule has 0 bridgehead atoms. The van der Waals surface area contributed by atoms with Crippen molar-refractivity contribution in [2.45, 2.75) is 19.9 Å². The quantitative estimate of drug-likeness (QED) is 0.841. The van der Waals surface area contributed by atoms with E-state index in [2.05, 4.69) is 10.4 Å². The van der Waals surface area contributed by atoms with Crippen molar-refractivity contribution in [1.82, 2.24) is 9.78 Å². The molecular formula is C16H20ClN3O3. The van der Waals surface area contributed by atoms with Gasteiger partial charge >= 0.3 is 0 Å². The molecule has 124 valence electrons. The van der Waals surface area contributed by atoms with E-state index in [1.54, 1.807) is 14.2 Å². The minimum Gasteiger partial charge on any atom is -0.493 e. The van der Waals surface area contributed by atoms with Crippen LogP contribution in [0.25, 0.3) is 0 Å². The lowest BCUT2D eigenvalue weighted by atomic mass is 10.2. The van der Waals surface area contributed by atoms with Gasteiger partial charge in [0, 0.05) is 13.6 Å². The summed E-state index contributed by atoms with van der Waals surface area (Å²) in [5, 5.41) is 7.19. The Morgan fingerprint density at radius 1 is 1.35 bits per heavy atom. The molecular weight excluding hydrogens is 318 g/mol. The number of benzene rings is 1. The van der Waals surface area contributed by atoms with Crippen LogP contribution in [0.3, 0.4) is 0 Å². The topological polar surface area (TPSA) is 65.4 Å². The van der Waals surface area contributed by atoms with Gasteiger partial charge in [0.15, 0.2) is 11.5 Å². The number of hydrogen-bond donors (Lipinski definition) is 1. The Kier molecular flexibility index (Phi) is 5.87. The molecule has 6 nitrogen and oxygen atoms in total. The van der Waals surface area contributed by atoms with Gasteiger partial charge in [0.2, 0.25) is 0 Å². The minimum absolute atomic E-state index is 0.124. The van der Waals surface area contributed by atoms with Gasteiger partial charge in [-0.2, -0.15) is 5.10 Å². The van der Waals surface area contributed by atoms with Crippen LogP contribution in [0, 0.1) is 0 Å². The largest absolute Gasteiger partial charge is 0.493 e. The molecule has 7 heteroatoms. The van der Waals surface area contributed by atoms with Gasteiger partial charge in [-0.05, 0) is 24.1 Å². The smallest absolute Gasteiger partial charge is 0.287 e. The van der Waals surface area contributed by atoms with E-state index >= 15 is 0 Å². The summed E-state index contributed by atoms with van der Waals surface area (Å²) in [4.78, 5) is 11.7. The number of hydrogen-bond acceptors (Lipinski definition) is 5.